The van der Waals surface area contributed by atoms with Crippen LogP contribution in [0.1, 0.15) is 87.9 Å². The number of nitrogens with zero attached hydrogens (tertiary/aromatic N) is 4. The fraction of sp³-hybridized carbons (Fsp3) is 0.318. The van der Waals surface area contributed by atoms with E-state index in [0.717, 1.165) is 66.4 Å². The molecular weight excluding hydrogens is 847 g/mol. The lowest BCUT2D eigenvalue weighted by atomic mass is 9.78. The Kier molecular flexibility index (Phi) is 14.8. The van der Waals surface area contributed by atoms with Gasteiger partial charge in [-0.05, 0) is 109 Å². The van der Waals surface area contributed by atoms with Gasteiger partial charge in [0, 0.05) is 65.7 Å². The monoisotopic (exact) mass is 890 g/mol. The van der Waals surface area contributed by atoms with Gasteiger partial charge in [0.2, 0.25) is 0 Å². The highest BCUT2D eigenvalue weighted by Crippen LogP contribution is 2.36. The molecule has 0 spiro atoms. The summed E-state index contributed by atoms with van der Waals surface area (Å²) >= 11 is 3.49. The number of aryl methyl sites for hydroxylation is 2. The van der Waals surface area contributed by atoms with Crippen LogP contribution in [0.3, 0.4) is 0 Å². The van der Waals surface area contributed by atoms with Crippen LogP contribution in [-0.4, -0.2) is 50.0 Å². The van der Waals surface area contributed by atoms with Crippen LogP contribution in [0.25, 0.3) is 32.7 Å². The highest BCUT2D eigenvalue weighted by atomic mass is 79.9. The number of aldehydes is 2. The zero-order valence-corrected chi connectivity index (χ0v) is 35.6. The topological polar surface area (TPSA) is 122 Å². The first-order chi connectivity index (χ1) is 28.5. The van der Waals surface area contributed by atoms with E-state index >= 15 is 0 Å². The first kappa shape index (κ1) is 45.8. The van der Waals surface area contributed by atoms with Crippen LogP contribution < -0.4 is 16.6 Å². The Hall–Kier alpha value is -5.32. The van der Waals surface area contributed by atoms with Crippen molar-refractivity contribution in [1.29, 1.82) is 0 Å². The molecule has 1 fully saturated rings. The van der Waals surface area contributed by atoms with Gasteiger partial charge in [-0.1, -0.05) is 26.7 Å². The second-order valence-electron chi connectivity index (χ2n) is 15.1. The van der Waals surface area contributed by atoms with Crippen molar-refractivity contribution in [3.63, 3.8) is 0 Å². The van der Waals surface area contributed by atoms with Crippen LogP contribution in [0.15, 0.2) is 87.6 Å². The van der Waals surface area contributed by atoms with Gasteiger partial charge in [0.15, 0.2) is 12.6 Å². The molecule has 0 N–H and O–H groups in total. The quantitative estimate of drug-likeness (QED) is 0.0760. The number of carbonyl (C=O) groups excluding carboxylic acids is 2. The minimum absolute atomic E-state index is 0.0414. The van der Waals surface area contributed by atoms with Gasteiger partial charge in [-0.15, -0.1) is 0 Å². The lowest BCUT2D eigenvalue weighted by Gasteiger charge is -2.32. The third-order valence-corrected chi connectivity index (χ3v) is 11.1. The number of aromatic nitrogens is 4. The predicted octanol–water partition coefficient (Wildman–Crippen LogP) is 8.99. The summed E-state index contributed by atoms with van der Waals surface area (Å²) in [7, 11) is -0.852. The molecule has 1 aliphatic rings. The first-order valence-corrected chi connectivity index (χ1v) is 20.1. The second kappa shape index (κ2) is 19.4. The SMILES string of the molecule is CC1(C)OB(c2cc(F)c(C=O)c(F)c2)OC1(C)C.CCCCn1cc(-c2cc(F)c(C=O)c(F)c2)c2ccncc2c1=O.CCCCn1cc(Br)c2ccncc2c1=O. The van der Waals surface area contributed by atoms with Crippen LogP contribution in [0.4, 0.5) is 17.6 Å². The van der Waals surface area contributed by atoms with Crippen molar-refractivity contribution >= 4 is 62.6 Å². The maximum absolute atomic E-state index is 14.0. The van der Waals surface area contributed by atoms with E-state index in [4.69, 9.17) is 9.31 Å². The highest BCUT2D eigenvalue weighted by molar-refractivity contribution is 9.10. The van der Waals surface area contributed by atoms with Gasteiger partial charge < -0.3 is 18.4 Å². The van der Waals surface area contributed by atoms with E-state index in [0.29, 0.717) is 28.3 Å². The Labute approximate surface area is 352 Å². The molecule has 5 heterocycles. The van der Waals surface area contributed by atoms with Crippen molar-refractivity contribution in [2.24, 2.45) is 0 Å². The molecule has 16 heteroatoms. The minimum atomic E-state index is -0.932. The molecule has 4 aromatic heterocycles. The Morgan fingerprint density at radius 1 is 0.683 bits per heavy atom. The third-order valence-electron chi connectivity index (χ3n) is 10.5. The highest BCUT2D eigenvalue weighted by Gasteiger charge is 2.52. The van der Waals surface area contributed by atoms with E-state index in [9.17, 15) is 36.7 Å². The fourth-order valence-corrected chi connectivity index (χ4v) is 6.93. The molecule has 0 unspecified atom stereocenters. The zero-order valence-electron chi connectivity index (χ0n) is 34.0. The zero-order chi connectivity index (χ0) is 43.9. The Morgan fingerprint density at radius 2 is 1.12 bits per heavy atom. The number of fused-ring (bicyclic) bond motifs is 2. The van der Waals surface area contributed by atoms with E-state index in [1.807, 2.05) is 46.9 Å². The largest absolute Gasteiger partial charge is 0.495 e. The average molecular weight is 892 g/mol. The molecule has 60 heavy (non-hydrogen) atoms. The molecule has 2 aromatic carbocycles. The number of halogens is 5. The molecule has 7 rings (SSSR count). The Bertz CT molecular complexity index is 2610. The van der Waals surface area contributed by atoms with E-state index in [1.54, 1.807) is 29.2 Å². The van der Waals surface area contributed by atoms with Crippen LogP contribution >= 0.6 is 15.9 Å². The summed E-state index contributed by atoms with van der Waals surface area (Å²) in [6.07, 6.45) is 13.9. The number of pyridine rings is 4. The van der Waals surface area contributed by atoms with Gasteiger partial charge in [-0.2, -0.15) is 0 Å². The van der Waals surface area contributed by atoms with E-state index < -0.39 is 52.7 Å². The number of benzene rings is 2. The smallest absolute Gasteiger partial charge is 0.399 e. The van der Waals surface area contributed by atoms with Crippen molar-refractivity contribution < 1.29 is 36.5 Å². The van der Waals surface area contributed by atoms with Crippen molar-refractivity contribution in [3.8, 4) is 11.1 Å². The summed E-state index contributed by atoms with van der Waals surface area (Å²) in [5, 5.41) is 2.54. The lowest BCUT2D eigenvalue weighted by Crippen LogP contribution is -2.41. The normalized spacial score (nSPS) is 14.0. The molecule has 0 radical (unpaired) electrons. The van der Waals surface area contributed by atoms with Crippen LogP contribution in [0.2, 0.25) is 0 Å². The predicted molar refractivity (Wildman–Crippen MR) is 228 cm³/mol. The lowest BCUT2D eigenvalue weighted by molar-refractivity contribution is 0.00578. The fourth-order valence-electron chi connectivity index (χ4n) is 6.33. The van der Waals surface area contributed by atoms with Crippen LogP contribution in [-0.2, 0) is 22.4 Å². The summed E-state index contributed by atoms with van der Waals surface area (Å²) in [5.41, 5.74) is -1.51. The van der Waals surface area contributed by atoms with Crippen molar-refractivity contribution in [3.05, 3.63) is 133 Å². The molecule has 0 atom stereocenters. The molecule has 10 nitrogen and oxygen atoms in total. The Morgan fingerprint density at radius 3 is 1.58 bits per heavy atom. The van der Waals surface area contributed by atoms with Crippen molar-refractivity contribution in [1.82, 2.24) is 19.1 Å². The number of rotatable bonds is 10. The molecule has 0 saturated carbocycles. The summed E-state index contributed by atoms with van der Waals surface area (Å²) in [6.45, 7) is 12.8. The van der Waals surface area contributed by atoms with Gasteiger partial charge in [-0.25, -0.2) is 17.6 Å². The van der Waals surface area contributed by atoms with Crippen LogP contribution in [0, 0.1) is 23.3 Å². The number of hydrogen-bond acceptors (Lipinski definition) is 8. The van der Waals surface area contributed by atoms with Crippen molar-refractivity contribution in [2.75, 3.05) is 0 Å². The molecular formula is C44H44BBrF4N4O6. The molecule has 1 saturated heterocycles. The minimum Gasteiger partial charge on any atom is -0.399 e. The van der Waals surface area contributed by atoms with Crippen molar-refractivity contribution in [2.45, 2.75) is 91.5 Å². The molecule has 0 bridgehead atoms. The summed E-state index contributed by atoms with van der Waals surface area (Å²) in [5.74, 6) is -3.70. The van der Waals surface area contributed by atoms with E-state index in [1.165, 1.54) is 17.0 Å². The first-order valence-electron chi connectivity index (χ1n) is 19.3. The molecule has 314 valence electrons. The Balaban J connectivity index is 0.000000176. The summed E-state index contributed by atoms with van der Waals surface area (Å²) < 4.78 is 70.8. The van der Waals surface area contributed by atoms with Gasteiger partial charge >= 0.3 is 7.12 Å². The molecule has 0 amide bonds. The van der Waals surface area contributed by atoms with Crippen LogP contribution in [0.5, 0.6) is 0 Å². The van der Waals surface area contributed by atoms with E-state index in [2.05, 4.69) is 32.8 Å². The third kappa shape index (κ3) is 9.83. The maximum atomic E-state index is 14.0. The second-order valence-corrected chi connectivity index (χ2v) is 16.0. The number of hydrogen-bond donors (Lipinski definition) is 0. The van der Waals surface area contributed by atoms with Gasteiger partial charge in [0.25, 0.3) is 11.1 Å². The molecule has 0 aliphatic carbocycles. The molecule has 1 aliphatic heterocycles. The van der Waals surface area contributed by atoms with Gasteiger partial charge in [0.1, 0.15) is 23.3 Å². The molecule has 6 aromatic rings. The number of carbonyl (C=O) groups is 2. The van der Waals surface area contributed by atoms with Gasteiger partial charge in [0.05, 0.1) is 33.1 Å². The maximum Gasteiger partial charge on any atom is 0.495 e. The average Bonchev–Trinajstić information content (AvgIpc) is 3.44. The summed E-state index contributed by atoms with van der Waals surface area (Å²) in [4.78, 5) is 54.0. The standard InChI is InChI=1S/C19H16F2N2O2.C13H15BF2O3.C12H13BrN2O/c1-2-3-6-23-10-15(13-4-5-22-9-14(13)19(23)25)12-7-17(20)16(11-24)18(21)8-12;1-12(2)13(3,4)19-14(18-12)8-5-10(15)9(7-17)11(16)6-8;1-2-3-6-15-8-11(13)9-4-5-14-7-10(9)12(15)16/h4-5,7-11H,2-3,6H2,1H3;5-7H,1-4H3;4-5,7-8H,2-3,6H2,1H3. The van der Waals surface area contributed by atoms with Gasteiger partial charge in [-0.3, -0.25) is 29.1 Å². The summed E-state index contributed by atoms with van der Waals surface area (Å²) in [6, 6.07) is 7.84. The van der Waals surface area contributed by atoms with E-state index in [-0.39, 0.29) is 34.7 Å². The number of unbranched alkanes of at least 4 members (excludes halogenated alkanes) is 2.